The molecule has 0 unspecified atom stereocenters. The van der Waals surface area contributed by atoms with Crippen LogP contribution < -0.4 is 9.47 Å². The number of pyridine rings is 2. The third kappa shape index (κ3) is 6.52. The normalized spacial score (nSPS) is 11.0. The number of benzene rings is 2. The van der Waals surface area contributed by atoms with E-state index in [0.717, 1.165) is 15.8 Å². The van der Waals surface area contributed by atoms with E-state index in [-0.39, 0.29) is 11.6 Å². The molecule has 0 atom stereocenters. The van der Waals surface area contributed by atoms with Crippen molar-refractivity contribution in [1.82, 2.24) is 29.2 Å². The number of methoxy groups -OCH3 is 2. The molecule has 0 saturated heterocycles. The van der Waals surface area contributed by atoms with E-state index in [0.29, 0.717) is 64.1 Å². The van der Waals surface area contributed by atoms with Gasteiger partial charge in [-0.2, -0.15) is 0 Å². The van der Waals surface area contributed by atoms with Crippen LogP contribution in [0.3, 0.4) is 0 Å². The summed E-state index contributed by atoms with van der Waals surface area (Å²) in [6.07, 6.45) is 4.92. The van der Waals surface area contributed by atoms with E-state index in [1.54, 1.807) is 42.1 Å². The lowest BCUT2D eigenvalue weighted by atomic mass is 10.1. The van der Waals surface area contributed by atoms with E-state index < -0.39 is 5.82 Å². The number of ether oxygens (including phenoxy) is 2. The van der Waals surface area contributed by atoms with Crippen LogP contribution in [0.2, 0.25) is 0 Å². The molecule has 0 fully saturated rings. The van der Waals surface area contributed by atoms with Crippen molar-refractivity contribution >= 4 is 43.2 Å². The first kappa shape index (κ1) is 30.5. The first-order valence-electron chi connectivity index (χ1n) is 13.1. The van der Waals surface area contributed by atoms with Crippen LogP contribution >= 0.6 is 31.9 Å². The van der Waals surface area contributed by atoms with Crippen molar-refractivity contribution < 1.29 is 22.6 Å². The summed E-state index contributed by atoms with van der Waals surface area (Å²) < 4.78 is 57.4. The monoisotopic (exact) mass is 716 g/mol. The Labute approximate surface area is 261 Å². The van der Waals surface area contributed by atoms with Gasteiger partial charge in [-0.05, 0) is 100 Å². The smallest absolute Gasteiger partial charge is 0.175 e. The van der Waals surface area contributed by atoms with Gasteiger partial charge in [-0.25, -0.2) is 13.2 Å². The van der Waals surface area contributed by atoms with Crippen molar-refractivity contribution in [2.45, 2.75) is 25.7 Å². The highest BCUT2D eigenvalue weighted by atomic mass is 79.9. The Morgan fingerprint density at radius 3 is 1.81 bits per heavy atom. The Kier molecular flexibility index (Phi) is 9.61. The fraction of sp³-hybridized carbons (Fsp3) is 0.200. The predicted molar refractivity (Wildman–Crippen MR) is 162 cm³/mol. The third-order valence-electron chi connectivity index (χ3n) is 6.91. The Morgan fingerprint density at radius 1 is 0.651 bits per heavy atom. The van der Waals surface area contributed by atoms with Gasteiger partial charge in [-0.1, -0.05) is 12.1 Å². The van der Waals surface area contributed by atoms with Crippen LogP contribution in [0.1, 0.15) is 22.5 Å². The van der Waals surface area contributed by atoms with Crippen molar-refractivity contribution in [2.75, 3.05) is 14.2 Å². The highest BCUT2D eigenvalue weighted by molar-refractivity contribution is 9.11. The second kappa shape index (κ2) is 13.6. The maximum absolute atomic E-state index is 14.2. The van der Waals surface area contributed by atoms with Gasteiger partial charge in [-0.3, -0.25) is 8.80 Å². The molecule has 4 aromatic heterocycles. The average molecular weight is 718 g/mol. The molecule has 2 aromatic carbocycles. The first-order valence-corrected chi connectivity index (χ1v) is 14.7. The zero-order chi connectivity index (χ0) is 30.5. The maximum atomic E-state index is 14.2. The lowest BCUT2D eigenvalue weighted by Crippen LogP contribution is -2.05. The standard InChI is InChI=1S/C15H12BrF2N3O.C15H13BrFN3O/c1-22-14-4-2-3-11(17)9(14)5-6-13-12(18)7-10(16)15-20-19-8-21(13)15;1-21-14-4-2-3-13(17)11(14)7-5-10-6-8-12(16)15-19-18-9-20(10)15/h2-4,7-8H,5-6H2,1H3;2-4,6,8-9H,5,7H2,1H3. The van der Waals surface area contributed by atoms with Gasteiger partial charge in [0.05, 0.1) is 28.9 Å². The van der Waals surface area contributed by atoms with Crippen LogP contribution in [0.15, 0.2) is 76.2 Å². The first-order chi connectivity index (χ1) is 20.8. The summed E-state index contributed by atoms with van der Waals surface area (Å²) in [5, 5.41) is 15.7. The molecule has 0 aliphatic rings. The molecule has 0 aliphatic carbocycles. The Balaban J connectivity index is 0.000000171. The highest BCUT2D eigenvalue weighted by Crippen LogP contribution is 2.26. The quantitative estimate of drug-likeness (QED) is 0.169. The molecule has 0 N–H and O–H groups in total. The van der Waals surface area contributed by atoms with Crippen LogP contribution in [-0.2, 0) is 25.7 Å². The Hall–Kier alpha value is -3.97. The van der Waals surface area contributed by atoms with E-state index >= 15 is 0 Å². The Morgan fingerprint density at radius 2 is 1.21 bits per heavy atom. The fourth-order valence-corrected chi connectivity index (χ4v) is 5.66. The molecular formula is C30H25Br2F3N6O2. The summed E-state index contributed by atoms with van der Waals surface area (Å²) in [4.78, 5) is 0. The minimum Gasteiger partial charge on any atom is -0.496 e. The molecule has 222 valence electrons. The topological polar surface area (TPSA) is 78.8 Å². The average Bonchev–Trinajstić information content (AvgIpc) is 3.70. The van der Waals surface area contributed by atoms with E-state index in [9.17, 15) is 13.2 Å². The van der Waals surface area contributed by atoms with Gasteiger partial charge >= 0.3 is 0 Å². The summed E-state index contributed by atoms with van der Waals surface area (Å²) >= 11 is 6.69. The summed E-state index contributed by atoms with van der Waals surface area (Å²) in [6.45, 7) is 0. The molecule has 6 rings (SSSR count). The number of halogens is 5. The van der Waals surface area contributed by atoms with E-state index in [2.05, 4.69) is 52.3 Å². The van der Waals surface area contributed by atoms with Gasteiger partial charge in [-0.15, -0.1) is 20.4 Å². The van der Waals surface area contributed by atoms with Crippen LogP contribution in [-0.4, -0.2) is 43.4 Å². The van der Waals surface area contributed by atoms with E-state index in [1.807, 2.05) is 16.5 Å². The fourth-order valence-electron chi connectivity index (χ4n) is 4.79. The lowest BCUT2D eigenvalue weighted by Gasteiger charge is -2.11. The predicted octanol–water partition coefficient (Wildman–Crippen LogP) is 6.99. The SMILES string of the molecule is COc1cccc(F)c1CCc1c(F)cc(Br)c2nncn12.COc1cccc(F)c1CCc1ccc(Br)c2nncn12. The van der Waals surface area contributed by atoms with Crippen molar-refractivity contribution in [2.24, 2.45) is 0 Å². The largest absolute Gasteiger partial charge is 0.496 e. The minimum absolute atomic E-state index is 0.244. The zero-order valence-electron chi connectivity index (χ0n) is 23.1. The van der Waals surface area contributed by atoms with Crippen LogP contribution in [0.25, 0.3) is 11.3 Å². The molecular weight excluding hydrogens is 693 g/mol. The van der Waals surface area contributed by atoms with E-state index in [4.69, 9.17) is 9.47 Å². The highest BCUT2D eigenvalue weighted by Gasteiger charge is 2.16. The molecule has 43 heavy (non-hydrogen) atoms. The molecule has 0 spiro atoms. The van der Waals surface area contributed by atoms with Gasteiger partial charge in [0.15, 0.2) is 11.3 Å². The number of aryl methyl sites for hydroxylation is 2. The number of nitrogens with zero attached hydrogens (tertiary/aromatic N) is 6. The summed E-state index contributed by atoms with van der Waals surface area (Å²) in [5.74, 6) is 0.0300. The molecule has 13 heteroatoms. The molecule has 6 aromatic rings. The number of hydrogen-bond donors (Lipinski definition) is 0. The number of rotatable bonds is 8. The summed E-state index contributed by atoms with van der Waals surface area (Å²) in [6, 6.07) is 14.8. The number of fused-ring (bicyclic) bond motifs is 2. The van der Waals surface area contributed by atoms with E-state index in [1.165, 1.54) is 31.6 Å². The van der Waals surface area contributed by atoms with Gasteiger partial charge in [0, 0.05) is 16.8 Å². The van der Waals surface area contributed by atoms with Gasteiger partial charge < -0.3 is 9.47 Å². The second-order valence-electron chi connectivity index (χ2n) is 9.35. The summed E-state index contributed by atoms with van der Waals surface area (Å²) in [5.41, 5.74) is 3.71. The molecule has 4 heterocycles. The van der Waals surface area contributed by atoms with Crippen LogP contribution in [0, 0.1) is 17.5 Å². The van der Waals surface area contributed by atoms with Crippen molar-refractivity contribution in [3.8, 4) is 11.5 Å². The molecule has 0 radical (unpaired) electrons. The van der Waals surface area contributed by atoms with Gasteiger partial charge in [0.1, 0.15) is 41.6 Å². The molecule has 8 nitrogen and oxygen atoms in total. The molecule has 0 bridgehead atoms. The summed E-state index contributed by atoms with van der Waals surface area (Å²) in [7, 11) is 3.03. The van der Waals surface area contributed by atoms with Crippen molar-refractivity contribution in [3.63, 3.8) is 0 Å². The van der Waals surface area contributed by atoms with Crippen molar-refractivity contribution in [3.05, 3.63) is 116 Å². The van der Waals surface area contributed by atoms with Crippen molar-refractivity contribution in [1.29, 1.82) is 0 Å². The number of hydrogen-bond acceptors (Lipinski definition) is 6. The van der Waals surface area contributed by atoms with Crippen LogP contribution in [0.5, 0.6) is 11.5 Å². The number of aromatic nitrogens is 6. The molecule has 0 saturated carbocycles. The van der Waals surface area contributed by atoms with Gasteiger partial charge in [0.25, 0.3) is 0 Å². The minimum atomic E-state index is -0.394. The maximum Gasteiger partial charge on any atom is 0.175 e. The van der Waals surface area contributed by atoms with Gasteiger partial charge in [0.2, 0.25) is 0 Å². The molecule has 0 amide bonds. The second-order valence-corrected chi connectivity index (χ2v) is 11.1. The molecule has 0 aliphatic heterocycles. The van der Waals surface area contributed by atoms with Crippen LogP contribution in [0.4, 0.5) is 13.2 Å². The lowest BCUT2D eigenvalue weighted by molar-refractivity contribution is 0.404. The zero-order valence-corrected chi connectivity index (χ0v) is 26.2. The third-order valence-corrected chi connectivity index (χ3v) is 8.11. The Bertz CT molecular complexity index is 1900.